The van der Waals surface area contributed by atoms with Gasteiger partial charge in [0.25, 0.3) is 11.8 Å². The van der Waals surface area contributed by atoms with Gasteiger partial charge >= 0.3 is 0 Å². The first-order chi connectivity index (χ1) is 13.0. The van der Waals surface area contributed by atoms with Crippen molar-refractivity contribution in [3.8, 4) is 0 Å². The maximum atomic E-state index is 12.8. The van der Waals surface area contributed by atoms with E-state index in [1.165, 1.54) is 0 Å². The Hall–Kier alpha value is -3.11. The number of rotatable bonds is 4. The fraction of sp³-hybridized carbons (Fsp3) is 0.0909. The fourth-order valence-corrected chi connectivity index (χ4v) is 2.87. The summed E-state index contributed by atoms with van der Waals surface area (Å²) in [4.78, 5) is 26.9. The maximum Gasteiger partial charge on any atom is 0.258 e. The van der Waals surface area contributed by atoms with Gasteiger partial charge < -0.3 is 10.2 Å². The maximum absolute atomic E-state index is 12.8. The van der Waals surface area contributed by atoms with E-state index in [9.17, 15) is 9.59 Å². The molecule has 5 heteroatoms. The summed E-state index contributed by atoms with van der Waals surface area (Å²) in [6.07, 6.45) is 0. The van der Waals surface area contributed by atoms with Crippen LogP contribution in [0.1, 0.15) is 26.3 Å². The van der Waals surface area contributed by atoms with Crippen LogP contribution in [0.5, 0.6) is 0 Å². The SMILES string of the molecule is Cc1c(Cl)cccc1NC(=O)c1cccc(C(=O)N(C)c2ccccc2)c1. The third-order valence-electron chi connectivity index (χ3n) is 4.34. The van der Waals surface area contributed by atoms with E-state index >= 15 is 0 Å². The lowest BCUT2D eigenvalue weighted by molar-refractivity contribution is 0.0993. The summed E-state index contributed by atoms with van der Waals surface area (Å²) in [6.45, 7) is 1.84. The molecule has 2 amide bonds. The lowest BCUT2D eigenvalue weighted by Gasteiger charge is -2.17. The molecular formula is C22H19ClN2O2. The number of hydrogen-bond donors (Lipinski definition) is 1. The van der Waals surface area contributed by atoms with E-state index in [4.69, 9.17) is 11.6 Å². The Balaban J connectivity index is 1.81. The predicted octanol–water partition coefficient (Wildman–Crippen LogP) is 5.18. The number of hydrogen-bond acceptors (Lipinski definition) is 2. The molecule has 0 aliphatic carbocycles. The average Bonchev–Trinajstić information content (AvgIpc) is 2.71. The standard InChI is InChI=1S/C22H19ClN2O2/c1-15-19(23)12-7-13-20(15)24-21(26)16-8-6-9-17(14-16)22(27)25(2)18-10-4-3-5-11-18/h3-14H,1-2H3,(H,24,26). The molecule has 0 saturated carbocycles. The van der Waals surface area contributed by atoms with Crippen LogP contribution in [-0.2, 0) is 0 Å². The Morgan fingerprint density at radius 2 is 1.56 bits per heavy atom. The lowest BCUT2D eigenvalue weighted by Crippen LogP contribution is -2.26. The van der Waals surface area contributed by atoms with E-state index in [2.05, 4.69) is 5.32 Å². The van der Waals surface area contributed by atoms with Gasteiger partial charge in [-0.05, 0) is 55.0 Å². The summed E-state index contributed by atoms with van der Waals surface area (Å²) in [6, 6.07) is 21.4. The Kier molecular flexibility index (Phi) is 5.57. The van der Waals surface area contributed by atoms with Crippen LogP contribution in [0.25, 0.3) is 0 Å². The second-order valence-corrected chi connectivity index (χ2v) is 6.55. The molecule has 1 N–H and O–H groups in total. The van der Waals surface area contributed by atoms with Gasteiger partial charge in [0.15, 0.2) is 0 Å². The number of nitrogens with zero attached hydrogens (tertiary/aromatic N) is 1. The summed E-state index contributed by atoms with van der Waals surface area (Å²) in [5, 5.41) is 3.43. The van der Waals surface area contributed by atoms with Crippen LogP contribution < -0.4 is 10.2 Å². The zero-order valence-corrected chi connectivity index (χ0v) is 15.8. The summed E-state index contributed by atoms with van der Waals surface area (Å²) in [7, 11) is 1.71. The summed E-state index contributed by atoms with van der Waals surface area (Å²) >= 11 is 6.10. The smallest absolute Gasteiger partial charge is 0.258 e. The second-order valence-electron chi connectivity index (χ2n) is 6.15. The second kappa shape index (κ2) is 8.06. The zero-order chi connectivity index (χ0) is 19.4. The number of amides is 2. The van der Waals surface area contributed by atoms with Crippen molar-refractivity contribution < 1.29 is 9.59 Å². The van der Waals surface area contributed by atoms with Crippen molar-refractivity contribution in [1.29, 1.82) is 0 Å². The molecule has 0 bridgehead atoms. The van der Waals surface area contributed by atoms with Gasteiger partial charge in [-0.25, -0.2) is 0 Å². The van der Waals surface area contributed by atoms with Gasteiger partial charge in [-0.3, -0.25) is 9.59 Å². The van der Waals surface area contributed by atoms with Crippen molar-refractivity contribution in [1.82, 2.24) is 0 Å². The van der Waals surface area contributed by atoms with Crippen molar-refractivity contribution in [2.45, 2.75) is 6.92 Å². The number of halogens is 1. The van der Waals surface area contributed by atoms with Crippen LogP contribution in [0, 0.1) is 6.92 Å². The molecule has 0 fully saturated rings. The molecule has 0 aliphatic heterocycles. The largest absolute Gasteiger partial charge is 0.322 e. The number of carbonyl (C=O) groups is 2. The molecule has 0 aliphatic rings. The van der Waals surface area contributed by atoms with Crippen LogP contribution in [0.4, 0.5) is 11.4 Å². The minimum atomic E-state index is -0.294. The Bertz CT molecular complexity index is 987. The molecule has 0 unspecified atom stereocenters. The number of para-hydroxylation sites is 1. The quantitative estimate of drug-likeness (QED) is 0.680. The Morgan fingerprint density at radius 1 is 0.889 bits per heavy atom. The van der Waals surface area contributed by atoms with Gasteiger partial charge in [-0.15, -0.1) is 0 Å². The molecule has 0 heterocycles. The average molecular weight is 379 g/mol. The first kappa shape index (κ1) is 18.7. The highest BCUT2D eigenvalue weighted by Crippen LogP contribution is 2.23. The van der Waals surface area contributed by atoms with E-state index in [0.29, 0.717) is 21.8 Å². The molecule has 3 aromatic carbocycles. The molecule has 136 valence electrons. The Labute approximate surface area is 163 Å². The van der Waals surface area contributed by atoms with E-state index in [1.807, 2.05) is 37.3 Å². The highest BCUT2D eigenvalue weighted by atomic mass is 35.5. The number of benzene rings is 3. The Morgan fingerprint density at radius 3 is 2.30 bits per heavy atom. The van der Waals surface area contributed by atoms with Crippen molar-refractivity contribution >= 4 is 34.8 Å². The van der Waals surface area contributed by atoms with Crippen molar-refractivity contribution in [3.05, 3.63) is 94.5 Å². The first-order valence-electron chi connectivity index (χ1n) is 8.47. The normalized spacial score (nSPS) is 10.3. The molecule has 0 aromatic heterocycles. The summed E-state index contributed by atoms with van der Waals surface area (Å²) in [5.74, 6) is -0.479. The molecule has 0 atom stereocenters. The summed E-state index contributed by atoms with van der Waals surface area (Å²) < 4.78 is 0. The van der Waals surface area contributed by atoms with Crippen molar-refractivity contribution in [3.63, 3.8) is 0 Å². The van der Waals surface area contributed by atoms with Gasteiger partial charge in [0, 0.05) is 34.6 Å². The van der Waals surface area contributed by atoms with E-state index < -0.39 is 0 Å². The van der Waals surface area contributed by atoms with Crippen LogP contribution >= 0.6 is 11.6 Å². The van der Waals surface area contributed by atoms with Gasteiger partial charge in [0.05, 0.1) is 0 Å². The van der Waals surface area contributed by atoms with Gasteiger partial charge in [0.1, 0.15) is 0 Å². The van der Waals surface area contributed by atoms with Gasteiger partial charge in [0.2, 0.25) is 0 Å². The monoisotopic (exact) mass is 378 g/mol. The third-order valence-corrected chi connectivity index (χ3v) is 4.75. The molecule has 27 heavy (non-hydrogen) atoms. The fourth-order valence-electron chi connectivity index (χ4n) is 2.69. The van der Waals surface area contributed by atoms with E-state index in [0.717, 1.165) is 11.3 Å². The molecular weight excluding hydrogens is 360 g/mol. The molecule has 4 nitrogen and oxygen atoms in total. The van der Waals surface area contributed by atoms with Gasteiger partial charge in [-0.1, -0.05) is 41.9 Å². The van der Waals surface area contributed by atoms with Crippen molar-refractivity contribution in [2.24, 2.45) is 0 Å². The molecule has 0 spiro atoms. The third kappa shape index (κ3) is 4.18. The molecule has 0 radical (unpaired) electrons. The van der Waals surface area contributed by atoms with Crippen molar-refractivity contribution in [2.75, 3.05) is 17.3 Å². The van der Waals surface area contributed by atoms with Gasteiger partial charge in [-0.2, -0.15) is 0 Å². The number of nitrogens with one attached hydrogen (secondary N) is 1. The lowest BCUT2D eigenvalue weighted by atomic mass is 10.1. The summed E-state index contributed by atoms with van der Waals surface area (Å²) in [5.41, 5.74) is 3.07. The minimum absolute atomic E-state index is 0.185. The number of anilines is 2. The highest BCUT2D eigenvalue weighted by Gasteiger charge is 2.16. The van der Waals surface area contributed by atoms with E-state index in [1.54, 1.807) is 54.4 Å². The van der Waals surface area contributed by atoms with Crippen LogP contribution in [0.2, 0.25) is 5.02 Å². The first-order valence-corrected chi connectivity index (χ1v) is 8.85. The van der Waals surface area contributed by atoms with Crippen LogP contribution in [-0.4, -0.2) is 18.9 Å². The van der Waals surface area contributed by atoms with Crippen LogP contribution in [0.15, 0.2) is 72.8 Å². The topological polar surface area (TPSA) is 49.4 Å². The molecule has 0 saturated heterocycles. The predicted molar refractivity (Wildman–Crippen MR) is 110 cm³/mol. The molecule has 3 rings (SSSR count). The van der Waals surface area contributed by atoms with Crippen LogP contribution in [0.3, 0.4) is 0 Å². The highest BCUT2D eigenvalue weighted by molar-refractivity contribution is 6.31. The number of carbonyl (C=O) groups excluding carboxylic acids is 2. The zero-order valence-electron chi connectivity index (χ0n) is 15.1. The molecule has 3 aromatic rings. The minimum Gasteiger partial charge on any atom is -0.322 e. The van der Waals surface area contributed by atoms with E-state index in [-0.39, 0.29) is 11.8 Å².